The van der Waals surface area contributed by atoms with Crippen LogP contribution in [0.3, 0.4) is 0 Å². The van der Waals surface area contributed by atoms with Gasteiger partial charge >= 0.3 is 0 Å². The van der Waals surface area contributed by atoms with E-state index < -0.39 is 0 Å². The number of anilines is 2. The molecule has 0 spiro atoms. The zero-order valence-corrected chi connectivity index (χ0v) is 16.8. The number of hydrogen-bond donors (Lipinski definition) is 1. The molecule has 5 heteroatoms. The van der Waals surface area contributed by atoms with Crippen molar-refractivity contribution in [2.45, 2.75) is 33.2 Å². The summed E-state index contributed by atoms with van der Waals surface area (Å²) in [6.45, 7) is 6.04. The van der Waals surface area contributed by atoms with Gasteiger partial charge < -0.3 is 10.2 Å². The number of carbonyl (C=O) groups is 2. The number of nitrogens with zero attached hydrogens (tertiary/aromatic N) is 2. The zero-order chi connectivity index (χ0) is 20.5. The smallest absolute Gasteiger partial charge is 0.277 e. The Labute approximate surface area is 170 Å². The van der Waals surface area contributed by atoms with Crippen LogP contribution in [0.5, 0.6) is 0 Å². The first kappa shape index (κ1) is 18.9. The second-order valence-corrected chi connectivity index (χ2v) is 7.52. The Hall–Kier alpha value is -3.47. The van der Waals surface area contributed by atoms with Crippen LogP contribution < -0.4 is 10.2 Å². The zero-order valence-electron chi connectivity index (χ0n) is 16.8. The largest absolute Gasteiger partial charge is 0.321 e. The van der Waals surface area contributed by atoms with E-state index in [9.17, 15) is 9.59 Å². The van der Waals surface area contributed by atoms with Gasteiger partial charge in [0.05, 0.1) is 0 Å². The van der Waals surface area contributed by atoms with Gasteiger partial charge in [-0.2, -0.15) is 0 Å². The molecule has 2 aromatic carbocycles. The number of amides is 2. The molecule has 0 aliphatic carbocycles. The van der Waals surface area contributed by atoms with Gasteiger partial charge in [-0.15, -0.1) is 0 Å². The molecule has 0 saturated heterocycles. The minimum Gasteiger partial charge on any atom is -0.321 e. The van der Waals surface area contributed by atoms with Crippen LogP contribution in [-0.2, 0) is 6.42 Å². The van der Waals surface area contributed by atoms with Crippen LogP contribution >= 0.6 is 0 Å². The first-order valence-corrected chi connectivity index (χ1v) is 9.71. The molecule has 0 fully saturated rings. The van der Waals surface area contributed by atoms with Crippen molar-refractivity contribution in [3.63, 3.8) is 0 Å². The molecule has 2 heterocycles. The molecule has 1 atom stereocenters. The Bertz CT molecular complexity index is 1110. The third-order valence-electron chi connectivity index (χ3n) is 5.39. The highest BCUT2D eigenvalue weighted by Gasteiger charge is 2.32. The summed E-state index contributed by atoms with van der Waals surface area (Å²) in [6.07, 6.45) is 0.814. The number of rotatable bonds is 3. The molecule has 1 aliphatic heterocycles. The highest BCUT2D eigenvalue weighted by Crippen LogP contribution is 2.32. The van der Waals surface area contributed by atoms with Crippen LogP contribution in [0.15, 0.2) is 60.7 Å². The van der Waals surface area contributed by atoms with Gasteiger partial charge in [-0.05, 0) is 74.2 Å². The standard InChI is InChI=1S/C24H23N3O2/c1-15-11-12-19(13-16(15)2)25-23(28)20-8-6-9-21(26-20)24(29)27-17(3)14-18-7-4-5-10-22(18)27/h4-13,17H,14H2,1-3H3,(H,25,28). The third-order valence-corrected chi connectivity index (χ3v) is 5.39. The first-order valence-electron chi connectivity index (χ1n) is 9.71. The van der Waals surface area contributed by atoms with Gasteiger partial charge in [-0.25, -0.2) is 4.98 Å². The quantitative estimate of drug-likeness (QED) is 0.720. The summed E-state index contributed by atoms with van der Waals surface area (Å²) in [5, 5.41) is 2.86. The number of para-hydroxylation sites is 1. The van der Waals surface area contributed by atoms with Crippen molar-refractivity contribution in [1.29, 1.82) is 0 Å². The maximum Gasteiger partial charge on any atom is 0.277 e. The highest BCUT2D eigenvalue weighted by atomic mass is 16.2. The molecular weight excluding hydrogens is 362 g/mol. The maximum atomic E-state index is 13.2. The summed E-state index contributed by atoms with van der Waals surface area (Å²) in [6, 6.07) is 18.7. The van der Waals surface area contributed by atoms with Crippen molar-refractivity contribution in [2.75, 3.05) is 10.2 Å². The second-order valence-electron chi connectivity index (χ2n) is 7.52. The average Bonchev–Trinajstić information content (AvgIpc) is 3.06. The number of aromatic nitrogens is 1. The Morgan fingerprint density at radius 2 is 1.72 bits per heavy atom. The molecule has 1 unspecified atom stereocenters. The normalized spacial score (nSPS) is 15.1. The number of pyridine rings is 1. The molecule has 0 radical (unpaired) electrons. The lowest BCUT2D eigenvalue weighted by Crippen LogP contribution is -2.36. The molecule has 29 heavy (non-hydrogen) atoms. The van der Waals surface area contributed by atoms with Crippen molar-refractivity contribution in [2.24, 2.45) is 0 Å². The molecule has 1 aromatic heterocycles. The third kappa shape index (κ3) is 3.63. The number of aryl methyl sites for hydroxylation is 2. The Kier molecular flexibility index (Phi) is 4.89. The predicted molar refractivity (Wildman–Crippen MR) is 115 cm³/mol. The fourth-order valence-electron chi connectivity index (χ4n) is 3.69. The van der Waals surface area contributed by atoms with Gasteiger partial charge in [0.1, 0.15) is 11.4 Å². The molecule has 146 valence electrons. The average molecular weight is 385 g/mol. The van der Waals surface area contributed by atoms with E-state index in [0.29, 0.717) is 5.69 Å². The lowest BCUT2D eigenvalue weighted by Gasteiger charge is -2.22. The van der Waals surface area contributed by atoms with Gasteiger partial charge in [-0.1, -0.05) is 30.3 Å². The Morgan fingerprint density at radius 3 is 2.52 bits per heavy atom. The van der Waals surface area contributed by atoms with E-state index in [2.05, 4.69) is 10.3 Å². The lowest BCUT2D eigenvalue weighted by atomic mass is 10.1. The molecule has 0 bridgehead atoms. The van der Waals surface area contributed by atoms with Crippen LogP contribution in [0.1, 0.15) is 44.6 Å². The van der Waals surface area contributed by atoms with Crippen LogP contribution in [0.2, 0.25) is 0 Å². The number of nitrogens with one attached hydrogen (secondary N) is 1. The summed E-state index contributed by atoms with van der Waals surface area (Å²) in [5.74, 6) is -0.527. The van der Waals surface area contributed by atoms with Gasteiger partial charge in [0.25, 0.3) is 11.8 Å². The second kappa shape index (κ2) is 7.51. The number of carbonyl (C=O) groups excluding carboxylic acids is 2. The molecule has 1 N–H and O–H groups in total. The minimum absolute atomic E-state index is 0.0507. The van der Waals surface area contributed by atoms with Gasteiger partial charge in [0, 0.05) is 17.4 Å². The lowest BCUT2D eigenvalue weighted by molar-refractivity contribution is 0.0976. The topological polar surface area (TPSA) is 62.3 Å². The van der Waals surface area contributed by atoms with E-state index in [-0.39, 0.29) is 29.2 Å². The van der Waals surface area contributed by atoms with Crippen molar-refractivity contribution in [3.05, 3.63) is 88.7 Å². The Balaban J connectivity index is 1.58. The van der Waals surface area contributed by atoms with Crippen molar-refractivity contribution in [3.8, 4) is 0 Å². The van der Waals surface area contributed by atoms with Gasteiger partial charge in [-0.3, -0.25) is 9.59 Å². The van der Waals surface area contributed by atoms with Gasteiger partial charge in [0.2, 0.25) is 0 Å². The molecule has 3 aromatic rings. The van der Waals surface area contributed by atoms with E-state index >= 15 is 0 Å². The van der Waals surface area contributed by atoms with Crippen LogP contribution in [0.25, 0.3) is 0 Å². The fourth-order valence-corrected chi connectivity index (χ4v) is 3.69. The van der Waals surface area contributed by atoms with Crippen molar-refractivity contribution < 1.29 is 9.59 Å². The predicted octanol–water partition coefficient (Wildman–Crippen LogP) is 4.54. The number of hydrogen-bond acceptors (Lipinski definition) is 3. The van der Waals surface area contributed by atoms with Crippen LogP contribution in [0, 0.1) is 13.8 Å². The monoisotopic (exact) mass is 385 g/mol. The van der Waals surface area contributed by atoms with Gasteiger partial charge in [0.15, 0.2) is 0 Å². The minimum atomic E-state index is -0.335. The van der Waals surface area contributed by atoms with Crippen LogP contribution in [-0.4, -0.2) is 22.8 Å². The molecule has 2 amide bonds. The van der Waals surface area contributed by atoms with Crippen LogP contribution in [0.4, 0.5) is 11.4 Å². The molecule has 4 rings (SSSR count). The fraction of sp³-hybridized carbons (Fsp3) is 0.208. The van der Waals surface area contributed by atoms with E-state index in [1.807, 2.05) is 63.2 Å². The molecule has 1 aliphatic rings. The molecule has 0 saturated carbocycles. The molecule has 5 nitrogen and oxygen atoms in total. The van der Waals surface area contributed by atoms with E-state index in [4.69, 9.17) is 0 Å². The van der Waals surface area contributed by atoms with E-state index in [1.165, 1.54) is 0 Å². The number of fused-ring (bicyclic) bond motifs is 1. The highest BCUT2D eigenvalue weighted by molar-refractivity contribution is 6.08. The maximum absolute atomic E-state index is 13.2. The SMILES string of the molecule is Cc1ccc(NC(=O)c2cccc(C(=O)N3c4ccccc4CC3C)n2)cc1C. The van der Waals surface area contributed by atoms with E-state index in [0.717, 1.165) is 28.8 Å². The summed E-state index contributed by atoms with van der Waals surface area (Å²) in [4.78, 5) is 32.0. The Morgan fingerprint density at radius 1 is 0.966 bits per heavy atom. The van der Waals surface area contributed by atoms with Crippen molar-refractivity contribution >= 4 is 23.2 Å². The van der Waals surface area contributed by atoms with Crippen molar-refractivity contribution in [1.82, 2.24) is 4.98 Å². The number of benzene rings is 2. The first-order chi connectivity index (χ1) is 13.9. The van der Waals surface area contributed by atoms with E-state index in [1.54, 1.807) is 23.1 Å². The summed E-state index contributed by atoms with van der Waals surface area (Å²) in [5.41, 5.74) is 5.51. The summed E-state index contributed by atoms with van der Waals surface area (Å²) >= 11 is 0. The molecular formula is C24H23N3O2. The summed E-state index contributed by atoms with van der Waals surface area (Å²) in [7, 11) is 0. The summed E-state index contributed by atoms with van der Waals surface area (Å²) < 4.78 is 0.